The van der Waals surface area contributed by atoms with Crippen molar-refractivity contribution >= 4 is 0 Å². The van der Waals surface area contributed by atoms with Crippen molar-refractivity contribution in [3.8, 4) is 16.9 Å². The standard InChI is InChI=1S/C28H33F5O/c1-3-5-6-7-17-8-10-18(11-9-17)19-12-13-20-21-14-15-23(34-4-2)27(31)25(21)28(32,33)16-22(29)24(20)26(19)30/h12-15,17-18,22H,3-11,16H2,1-2H3. The fraction of sp³-hybridized carbons (Fsp3) is 0.571. The molecule has 0 heterocycles. The molecule has 34 heavy (non-hydrogen) atoms. The summed E-state index contributed by atoms with van der Waals surface area (Å²) in [7, 11) is 0. The first-order valence-electron chi connectivity index (χ1n) is 12.6. The van der Waals surface area contributed by atoms with Crippen molar-refractivity contribution in [1.82, 2.24) is 0 Å². The molecule has 2 aromatic carbocycles. The molecule has 0 amide bonds. The number of unbranched alkanes of at least 4 members (excludes halogenated alkanes) is 2. The van der Waals surface area contributed by atoms with Crippen LogP contribution in [0.3, 0.4) is 0 Å². The Morgan fingerprint density at radius 1 is 0.912 bits per heavy atom. The molecule has 1 fully saturated rings. The molecule has 6 heteroatoms. The van der Waals surface area contributed by atoms with Crippen molar-refractivity contribution < 1.29 is 26.7 Å². The van der Waals surface area contributed by atoms with Crippen LogP contribution < -0.4 is 4.74 Å². The molecule has 0 saturated heterocycles. The maximum atomic E-state index is 15.8. The molecule has 1 nitrogen and oxygen atoms in total. The van der Waals surface area contributed by atoms with Gasteiger partial charge in [0.15, 0.2) is 11.6 Å². The molecular weight excluding hydrogens is 447 g/mol. The first-order chi connectivity index (χ1) is 16.3. The molecule has 1 unspecified atom stereocenters. The van der Waals surface area contributed by atoms with E-state index in [-0.39, 0.29) is 35.0 Å². The largest absolute Gasteiger partial charge is 0.491 e. The Labute approximate surface area is 198 Å². The minimum atomic E-state index is -3.80. The highest BCUT2D eigenvalue weighted by Crippen LogP contribution is 2.52. The van der Waals surface area contributed by atoms with Gasteiger partial charge >= 0.3 is 0 Å². The highest BCUT2D eigenvalue weighted by atomic mass is 19.3. The summed E-state index contributed by atoms with van der Waals surface area (Å²) >= 11 is 0. The molecule has 1 atom stereocenters. The van der Waals surface area contributed by atoms with Gasteiger partial charge in [-0.3, -0.25) is 0 Å². The van der Waals surface area contributed by atoms with Crippen molar-refractivity contribution in [1.29, 1.82) is 0 Å². The predicted octanol–water partition coefficient (Wildman–Crippen LogP) is 9.39. The Morgan fingerprint density at radius 2 is 1.62 bits per heavy atom. The Bertz CT molecular complexity index is 1010. The zero-order chi connectivity index (χ0) is 24.5. The average Bonchev–Trinajstić information content (AvgIpc) is 2.88. The SMILES string of the molecule is CCCCCC1CCC(c2ccc3c(c2F)C(F)CC(F)(F)c2c-3ccc(OCC)c2F)CC1. The van der Waals surface area contributed by atoms with E-state index in [1.807, 2.05) is 0 Å². The molecule has 0 aromatic heterocycles. The molecule has 2 aliphatic rings. The molecule has 2 aliphatic carbocycles. The fourth-order valence-corrected chi connectivity index (χ4v) is 5.75. The van der Waals surface area contributed by atoms with Gasteiger partial charge in [0, 0.05) is 5.56 Å². The molecule has 0 bridgehead atoms. The first kappa shape index (κ1) is 25.0. The number of ether oxygens (including phenoxy) is 1. The third-order valence-corrected chi connectivity index (χ3v) is 7.52. The van der Waals surface area contributed by atoms with Crippen LogP contribution in [0.4, 0.5) is 22.0 Å². The lowest BCUT2D eigenvalue weighted by atomic mass is 9.76. The Morgan fingerprint density at radius 3 is 2.29 bits per heavy atom. The molecule has 0 spiro atoms. The fourth-order valence-electron chi connectivity index (χ4n) is 5.75. The van der Waals surface area contributed by atoms with E-state index in [4.69, 9.17) is 4.74 Å². The molecule has 2 aromatic rings. The summed E-state index contributed by atoms with van der Waals surface area (Å²) in [6, 6.07) is 5.62. The summed E-state index contributed by atoms with van der Waals surface area (Å²) in [6.45, 7) is 3.89. The molecular formula is C28H33F5O. The number of benzene rings is 2. The van der Waals surface area contributed by atoms with E-state index in [2.05, 4.69) is 6.92 Å². The van der Waals surface area contributed by atoms with Crippen LogP contribution in [0.25, 0.3) is 11.1 Å². The minimum Gasteiger partial charge on any atom is -0.491 e. The van der Waals surface area contributed by atoms with Gasteiger partial charge in [-0.1, -0.05) is 44.7 Å². The second kappa shape index (κ2) is 10.2. The van der Waals surface area contributed by atoms with Gasteiger partial charge in [-0.05, 0) is 73.3 Å². The molecule has 1 saturated carbocycles. The summed E-state index contributed by atoms with van der Waals surface area (Å²) < 4.78 is 81.3. The zero-order valence-electron chi connectivity index (χ0n) is 19.9. The monoisotopic (exact) mass is 480 g/mol. The number of alkyl halides is 3. The van der Waals surface area contributed by atoms with Gasteiger partial charge in [0.2, 0.25) is 0 Å². The smallest absolute Gasteiger partial charge is 0.279 e. The van der Waals surface area contributed by atoms with Crippen molar-refractivity contribution in [2.24, 2.45) is 5.92 Å². The van der Waals surface area contributed by atoms with E-state index < -0.39 is 35.7 Å². The lowest BCUT2D eigenvalue weighted by Gasteiger charge is -2.30. The van der Waals surface area contributed by atoms with Gasteiger partial charge in [-0.15, -0.1) is 0 Å². The topological polar surface area (TPSA) is 9.23 Å². The van der Waals surface area contributed by atoms with Crippen molar-refractivity contribution in [2.75, 3.05) is 6.61 Å². The number of halogens is 5. The summed E-state index contributed by atoms with van der Waals surface area (Å²) in [5.41, 5.74) is -1.07. The molecule has 0 aliphatic heterocycles. The molecule has 4 rings (SSSR count). The minimum absolute atomic E-state index is 0.00359. The van der Waals surface area contributed by atoms with Crippen LogP contribution in [0.2, 0.25) is 0 Å². The molecule has 186 valence electrons. The predicted molar refractivity (Wildman–Crippen MR) is 124 cm³/mol. The van der Waals surface area contributed by atoms with Crippen LogP contribution in [0.1, 0.15) is 100 Å². The van der Waals surface area contributed by atoms with Crippen molar-refractivity contribution in [3.63, 3.8) is 0 Å². The third-order valence-electron chi connectivity index (χ3n) is 7.52. The Hall–Kier alpha value is -2.11. The Balaban J connectivity index is 1.68. The number of hydrogen-bond acceptors (Lipinski definition) is 1. The summed E-state index contributed by atoms with van der Waals surface area (Å²) in [5.74, 6) is -5.50. The molecule has 0 radical (unpaired) electrons. The van der Waals surface area contributed by atoms with Crippen LogP contribution in [-0.4, -0.2) is 6.61 Å². The van der Waals surface area contributed by atoms with Crippen molar-refractivity contribution in [2.45, 2.75) is 89.6 Å². The van der Waals surface area contributed by atoms with Crippen LogP contribution in [-0.2, 0) is 5.92 Å². The Kier molecular flexibility index (Phi) is 7.54. The highest BCUT2D eigenvalue weighted by molar-refractivity contribution is 5.75. The van der Waals surface area contributed by atoms with E-state index >= 15 is 22.0 Å². The molecule has 0 N–H and O–H groups in total. The van der Waals surface area contributed by atoms with E-state index in [9.17, 15) is 0 Å². The third kappa shape index (κ3) is 4.70. The van der Waals surface area contributed by atoms with E-state index in [0.717, 1.165) is 25.7 Å². The van der Waals surface area contributed by atoms with Crippen molar-refractivity contribution in [3.05, 3.63) is 52.6 Å². The average molecular weight is 481 g/mol. The lowest BCUT2D eigenvalue weighted by Crippen LogP contribution is -2.18. The normalized spacial score (nSPS) is 23.7. The van der Waals surface area contributed by atoms with Crippen LogP contribution in [0, 0.1) is 17.6 Å². The second-order valence-electron chi connectivity index (χ2n) is 9.75. The van der Waals surface area contributed by atoms with Gasteiger partial charge in [-0.25, -0.2) is 22.0 Å². The first-order valence-corrected chi connectivity index (χ1v) is 12.6. The number of rotatable bonds is 7. The summed E-state index contributed by atoms with van der Waals surface area (Å²) in [6.07, 6.45) is 4.85. The quantitative estimate of drug-likeness (QED) is 0.283. The lowest BCUT2D eigenvalue weighted by molar-refractivity contribution is -0.0364. The number of hydrogen-bond donors (Lipinski definition) is 0. The number of fused-ring (bicyclic) bond motifs is 3. The summed E-state index contributed by atoms with van der Waals surface area (Å²) in [5, 5.41) is 0. The van der Waals surface area contributed by atoms with E-state index in [1.54, 1.807) is 13.0 Å². The van der Waals surface area contributed by atoms with Gasteiger partial charge < -0.3 is 4.74 Å². The van der Waals surface area contributed by atoms with E-state index in [1.165, 1.54) is 43.9 Å². The van der Waals surface area contributed by atoms with Gasteiger partial charge in [0.25, 0.3) is 5.92 Å². The van der Waals surface area contributed by atoms with Crippen LogP contribution >= 0.6 is 0 Å². The summed E-state index contributed by atoms with van der Waals surface area (Å²) in [4.78, 5) is 0. The van der Waals surface area contributed by atoms with E-state index in [0.29, 0.717) is 11.5 Å². The van der Waals surface area contributed by atoms with Gasteiger partial charge in [-0.2, -0.15) is 0 Å². The van der Waals surface area contributed by atoms with Gasteiger partial charge in [0.05, 0.1) is 18.6 Å². The highest BCUT2D eigenvalue weighted by Gasteiger charge is 2.46. The maximum absolute atomic E-state index is 15.8. The zero-order valence-corrected chi connectivity index (χ0v) is 19.9. The van der Waals surface area contributed by atoms with Gasteiger partial charge in [0.1, 0.15) is 12.0 Å². The second-order valence-corrected chi connectivity index (χ2v) is 9.75. The maximum Gasteiger partial charge on any atom is 0.279 e. The van der Waals surface area contributed by atoms with Crippen LogP contribution in [0.5, 0.6) is 5.75 Å². The van der Waals surface area contributed by atoms with Crippen LogP contribution in [0.15, 0.2) is 24.3 Å².